The molecule has 2 amide bonds. The number of nitrogens with one attached hydrogen (secondary N) is 1. The van der Waals surface area contributed by atoms with Crippen molar-refractivity contribution in [2.45, 2.75) is 71.0 Å². The van der Waals surface area contributed by atoms with Crippen LogP contribution in [0.2, 0.25) is 0 Å². The Morgan fingerprint density at radius 1 is 1.08 bits per heavy atom. The Labute approximate surface area is 158 Å². The van der Waals surface area contributed by atoms with E-state index in [0.717, 1.165) is 25.3 Å². The van der Waals surface area contributed by atoms with Crippen LogP contribution in [-0.2, 0) is 13.1 Å². The summed E-state index contributed by atoms with van der Waals surface area (Å²) in [4.78, 5) is 16.9. The molecule has 0 radical (unpaired) electrons. The van der Waals surface area contributed by atoms with Crippen LogP contribution < -0.4 is 5.32 Å². The maximum atomic E-state index is 12.5. The minimum Gasteiger partial charge on any atom is -0.334 e. The Balaban J connectivity index is 1.44. The van der Waals surface area contributed by atoms with Gasteiger partial charge in [-0.25, -0.2) is 4.79 Å². The second kappa shape index (κ2) is 9.40. The van der Waals surface area contributed by atoms with E-state index < -0.39 is 0 Å². The van der Waals surface area contributed by atoms with E-state index in [9.17, 15) is 4.79 Å². The fraction of sp³-hybridized carbons (Fsp3) is 0.682. The molecule has 2 unspecified atom stereocenters. The molecule has 1 N–H and O–H groups in total. The highest BCUT2D eigenvalue weighted by molar-refractivity contribution is 5.74. The summed E-state index contributed by atoms with van der Waals surface area (Å²) in [7, 11) is 1.94. The first kappa shape index (κ1) is 19.2. The number of hydrogen-bond acceptors (Lipinski definition) is 2. The Bertz CT molecular complexity index is 565. The molecule has 2 atom stereocenters. The molecule has 1 saturated carbocycles. The summed E-state index contributed by atoms with van der Waals surface area (Å²) in [6.45, 7) is 6.40. The van der Waals surface area contributed by atoms with E-state index in [1.165, 1.54) is 56.3 Å². The smallest absolute Gasteiger partial charge is 0.317 e. The van der Waals surface area contributed by atoms with Crippen molar-refractivity contribution < 1.29 is 4.79 Å². The van der Waals surface area contributed by atoms with Crippen molar-refractivity contribution in [2.24, 2.45) is 5.92 Å². The lowest BCUT2D eigenvalue weighted by Crippen LogP contribution is -2.45. The molecule has 2 aliphatic rings. The van der Waals surface area contributed by atoms with Crippen molar-refractivity contribution in [2.75, 3.05) is 20.1 Å². The van der Waals surface area contributed by atoms with Gasteiger partial charge in [-0.05, 0) is 55.8 Å². The van der Waals surface area contributed by atoms with Gasteiger partial charge in [-0.2, -0.15) is 0 Å². The lowest BCUT2D eigenvalue weighted by molar-refractivity contribution is 0.160. The lowest BCUT2D eigenvalue weighted by Gasteiger charge is -2.34. The number of rotatable bonds is 5. The number of hydrogen-bond donors (Lipinski definition) is 1. The zero-order valence-electron chi connectivity index (χ0n) is 16.5. The van der Waals surface area contributed by atoms with Gasteiger partial charge in [0.05, 0.1) is 0 Å². The molecule has 1 aliphatic carbocycles. The first-order chi connectivity index (χ1) is 12.6. The van der Waals surface area contributed by atoms with Gasteiger partial charge in [-0.15, -0.1) is 0 Å². The zero-order chi connectivity index (χ0) is 18.4. The first-order valence-corrected chi connectivity index (χ1v) is 10.4. The molecule has 0 bridgehead atoms. The van der Waals surface area contributed by atoms with Crippen molar-refractivity contribution >= 4 is 6.03 Å². The van der Waals surface area contributed by atoms with Gasteiger partial charge in [0, 0.05) is 26.2 Å². The molecule has 144 valence electrons. The van der Waals surface area contributed by atoms with E-state index in [1.54, 1.807) is 0 Å². The minimum atomic E-state index is 0.0569. The molecule has 1 heterocycles. The summed E-state index contributed by atoms with van der Waals surface area (Å²) in [6.07, 6.45) is 8.85. The number of likely N-dealkylation sites (tertiary alicyclic amines) is 1. The predicted molar refractivity (Wildman–Crippen MR) is 107 cm³/mol. The number of carbonyl (C=O) groups is 1. The highest BCUT2D eigenvalue weighted by Gasteiger charge is 2.25. The third-order valence-electron chi connectivity index (χ3n) is 6.10. The largest absolute Gasteiger partial charge is 0.334 e. The van der Waals surface area contributed by atoms with Crippen LogP contribution in [0.15, 0.2) is 24.3 Å². The van der Waals surface area contributed by atoms with Gasteiger partial charge in [0.15, 0.2) is 0 Å². The highest BCUT2D eigenvalue weighted by atomic mass is 16.2. The summed E-state index contributed by atoms with van der Waals surface area (Å²) >= 11 is 0. The second-order valence-corrected chi connectivity index (χ2v) is 8.35. The average Bonchev–Trinajstić information content (AvgIpc) is 2.67. The van der Waals surface area contributed by atoms with E-state index in [0.29, 0.717) is 12.6 Å². The van der Waals surface area contributed by atoms with Gasteiger partial charge in [0.1, 0.15) is 0 Å². The maximum Gasteiger partial charge on any atom is 0.317 e. The van der Waals surface area contributed by atoms with Crippen molar-refractivity contribution in [3.05, 3.63) is 35.4 Å². The average molecular weight is 358 g/mol. The van der Waals surface area contributed by atoms with E-state index in [4.69, 9.17) is 0 Å². The Morgan fingerprint density at radius 2 is 1.77 bits per heavy atom. The maximum absolute atomic E-state index is 12.5. The van der Waals surface area contributed by atoms with Gasteiger partial charge in [-0.1, -0.05) is 50.5 Å². The highest BCUT2D eigenvalue weighted by Crippen LogP contribution is 2.26. The SMILES string of the molecule is CC1CCCC(N(C)C(=O)NCc2ccc(CN3CCCCC3)cc2)C1. The molecule has 1 aromatic rings. The van der Waals surface area contributed by atoms with Crippen LogP contribution in [0, 0.1) is 5.92 Å². The van der Waals surface area contributed by atoms with E-state index in [1.807, 2.05) is 11.9 Å². The number of amides is 2. The molecule has 4 heteroatoms. The van der Waals surface area contributed by atoms with Crippen LogP contribution in [0.4, 0.5) is 4.79 Å². The summed E-state index contributed by atoms with van der Waals surface area (Å²) in [6, 6.07) is 9.18. The van der Waals surface area contributed by atoms with Gasteiger partial charge in [0.2, 0.25) is 0 Å². The second-order valence-electron chi connectivity index (χ2n) is 8.35. The Kier molecular flexibility index (Phi) is 6.95. The van der Waals surface area contributed by atoms with E-state index in [2.05, 4.69) is 41.4 Å². The van der Waals surface area contributed by atoms with E-state index in [-0.39, 0.29) is 6.03 Å². The van der Waals surface area contributed by atoms with Gasteiger partial charge in [0.25, 0.3) is 0 Å². The predicted octanol–water partition coefficient (Wildman–Crippen LogP) is 4.39. The molecule has 0 aromatic heterocycles. The third kappa shape index (κ3) is 5.47. The monoisotopic (exact) mass is 357 g/mol. The molecule has 4 nitrogen and oxygen atoms in total. The van der Waals surface area contributed by atoms with Crippen molar-refractivity contribution in [3.63, 3.8) is 0 Å². The quantitative estimate of drug-likeness (QED) is 0.848. The Morgan fingerprint density at radius 3 is 2.46 bits per heavy atom. The third-order valence-corrected chi connectivity index (χ3v) is 6.10. The van der Waals surface area contributed by atoms with Crippen LogP contribution in [0.25, 0.3) is 0 Å². The van der Waals surface area contributed by atoms with Crippen molar-refractivity contribution in [3.8, 4) is 0 Å². The van der Waals surface area contributed by atoms with Crippen LogP contribution in [0.1, 0.15) is 63.0 Å². The standard InChI is InChI=1S/C22H35N3O/c1-18-7-6-8-21(15-18)24(2)22(26)23-16-19-9-11-20(12-10-19)17-25-13-4-3-5-14-25/h9-12,18,21H,3-8,13-17H2,1-2H3,(H,23,26). The number of benzene rings is 1. The Hall–Kier alpha value is -1.55. The molecule has 1 aliphatic heterocycles. The first-order valence-electron chi connectivity index (χ1n) is 10.4. The number of piperidine rings is 1. The normalized spacial score (nSPS) is 24.2. The number of urea groups is 1. The minimum absolute atomic E-state index is 0.0569. The van der Waals surface area contributed by atoms with Crippen molar-refractivity contribution in [1.82, 2.24) is 15.1 Å². The van der Waals surface area contributed by atoms with Crippen LogP contribution in [0.3, 0.4) is 0 Å². The van der Waals surface area contributed by atoms with E-state index >= 15 is 0 Å². The zero-order valence-corrected chi connectivity index (χ0v) is 16.5. The topological polar surface area (TPSA) is 35.6 Å². The van der Waals surface area contributed by atoms with Gasteiger partial charge in [-0.3, -0.25) is 4.90 Å². The van der Waals surface area contributed by atoms with Crippen LogP contribution in [-0.4, -0.2) is 42.0 Å². The molecule has 1 saturated heterocycles. The summed E-state index contributed by atoms with van der Waals surface area (Å²) < 4.78 is 0. The number of nitrogens with zero attached hydrogens (tertiary/aromatic N) is 2. The summed E-state index contributed by atoms with van der Waals surface area (Å²) in [5.74, 6) is 0.733. The fourth-order valence-corrected chi connectivity index (χ4v) is 4.36. The molecule has 3 rings (SSSR count). The van der Waals surface area contributed by atoms with Gasteiger partial charge >= 0.3 is 6.03 Å². The fourth-order valence-electron chi connectivity index (χ4n) is 4.36. The molecule has 1 aromatic carbocycles. The molecule has 26 heavy (non-hydrogen) atoms. The molecular weight excluding hydrogens is 322 g/mol. The summed E-state index contributed by atoms with van der Waals surface area (Å²) in [5, 5.41) is 3.09. The molecular formula is C22H35N3O. The van der Waals surface area contributed by atoms with Gasteiger partial charge < -0.3 is 10.2 Å². The van der Waals surface area contributed by atoms with Crippen molar-refractivity contribution in [1.29, 1.82) is 0 Å². The van der Waals surface area contributed by atoms with Crippen LogP contribution in [0.5, 0.6) is 0 Å². The molecule has 2 fully saturated rings. The number of carbonyl (C=O) groups excluding carboxylic acids is 1. The van der Waals surface area contributed by atoms with Crippen LogP contribution >= 0.6 is 0 Å². The lowest BCUT2D eigenvalue weighted by atomic mass is 9.86. The molecule has 0 spiro atoms. The summed E-state index contributed by atoms with van der Waals surface area (Å²) in [5.41, 5.74) is 2.54.